The fourth-order valence-electron chi connectivity index (χ4n) is 11.9. The van der Waals surface area contributed by atoms with E-state index in [1.807, 2.05) is 164 Å². The van der Waals surface area contributed by atoms with Crippen LogP contribution in [-0.2, 0) is 43.2 Å². The van der Waals surface area contributed by atoms with Crippen LogP contribution in [0.25, 0.3) is 67.4 Å². The number of amides is 5. The number of ether oxygens (including phenoxy) is 1. The number of nitrogens with two attached hydrogens (primary N) is 4. The molecule has 0 bridgehead atoms. The summed E-state index contributed by atoms with van der Waals surface area (Å²) in [5, 5.41) is 54.7. The Balaban J connectivity index is 0.000000192. The van der Waals surface area contributed by atoms with E-state index in [9.17, 15) is 48.6 Å². The Morgan fingerprint density at radius 3 is 1.07 bits per heavy atom. The Morgan fingerprint density at radius 1 is 0.421 bits per heavy atom. The molecule has 5 atom stereocenters. The second-order valence-corrected chi connectivity index (χ2v) is 26.5. The maximum atomic E-state index is 13.2. The van der Waals surface area contributed by atoms with Gasteiger partial charge in [-0.3, -0.25) is 28.8 Å². The normalized spacial score (nSPS) is 11.8. The minimum absolute atomic E-state index is 0. The minimum atomic E-state index is -1.56. The van der Waals surface area contributed by atoms with Gasteiger partial charge in [0.2, 0.25) is 17.6 Å². The van der Waals surface area contributed by atoms with Crippen LogP contribution in [0, 0.1) is 27.7 Å². The maximum absolute atomic E-state index is 13.2. The number of Topliss-reactive ketones (excluding diaryl/α,β-unsaturated/α-hetero) is 1. The molecule has 14 N–H and O–H groups in total. The molecular formula is C84H82ClN22NaO13. The van der Waals surface area contributed by atoms with E-state index >= 15 is 0 Å². The smallest absolute Gasteiger partial charge is 0.870 e. The van der Waals surface area contributed by atoms with Gasteiger partial charge in [-0.25, -0.2) is 49.5 Å². The van der Waals surface area contributed by atoms with Crippen LogP contribution < -0.4 is 63.1 Å². The number of aliphatic hydroxyl groups excluding tert-OH is 2. The molecule has 0 radical (unpaired) electrons. The zero-order chi connectivity index (χ0) is 84.1. The van der Waals surface area contributed by atoms with Crippen molar-refractivity contribution in [1.29, 1.82) is 0 Å². The quantitative estimate of drug-likeness (QED) is 0.0251. The zero-order valence-corrected chi connectivity index (χ0v) is 68.9. The van der Waals surface area contributed by atoms with Gasteiger partial charge in [0.25, 0.3) is 41.5 Å². The third kappa shape index (κ3) is 24.3. The number of aryl methyl sites for hydroxylation is 4. The number of para-hydroxylation sites is 4. The standard InChI is InChI=1S/C23H22N6O3.C23H20N6O3.C15H14N4O2.C13H10N4O2.C10H14N2O2.ClH.Na.H2O/c2*1-14-11-19(29(28-14)23-25-13-16-9-5-6-10-17(16)27-23)22(32)26-18(20(30)21(24)31)12-15-7-3-2-4-8-15;1-3-21-14(20)13-8-10(2)18-19(13)15-16-9-11-6-4-5-7-12(11)17-15;1-8-6-11(12(18)19)17(16-8)13-14-7-9-4-2-3-5-10(9)15-13;11-8(9(13)10(12)14)6-7-4-2-1-3-5-7;;;/h2-11,13,18,20,30H,12H2,1H3,(H2,24,31)(H,26,32);2-11,13,18H,12H2,1H3,(H2,24,31)(H,26,32);4-9H,3H2,1-2H3;2-7H,1H3,(H,18,19);1-5,8-9,13H,6,11H2,(H2,12,14);1H;;1H2/q;;;;;;+1;/p-1. The van der Waals surface area contributed by atoms with Gasteiger partial charge < -0.3 is 59.1 Å². The van der Waals surface area contributed by atoms with Crippen molar-refractivity contribution in [2.24, 2.45) is 22.9 Å². The molecule has 121 heavy (non-hydrogen) atoms. The number of carbonyl (C=O) groups excluding carboxylic acids is 7. The molecule has 15 rings (SSSR count). The van der Waals surface area contributed by atoms with Gasteiger partial charge in [0.15, 0.2) is 17.5 Å². The summed E-state index contributed by atoms with van der Waals surface area (Å²) in [7, 11) is 0. The van der Waals surface area contributed by atoms with E-state index in [-0.39, 0.29) is 95.2 Å². The molecular weight excluding hydrogens is 1580 g/mol. The van der Waals surface area contributed by atoms with Crippen molar-refractivity contribution >= 4 is 103 Å². The van der Waals surface area contributed by atoms with Crippen LogP contribution in [0.1, 0.15) is 88.3 Å². The first-order valence-electron chi connectivity index (χ1n) is 36.6. The summed E-state index contributed by atoms with van der Waals surface area (Å²) in [6, 6.07) is 61.3. The maximum Gasteiger partial charge on any atom is 1.00 e. The molecule has 0 aliphatic carbocycles. The van der Waals surface area contributed by atoms with Gasteiger partial charge >= 0.3 is 41.5 Å². The van der Waals surface area contributed by atoms with E-state index in [1.54, 1.807) is 102 Å². The first kappa shape index (κ1) is 92.3. The number of nitrogens with zero attached hydrogens (tertiary/aromatic N) is 16. The van der Waals surface area contributed by atoms with E-state index in [2.05, 4.69) is 70.9 Å². The Labute approximate surface area is 718 Å². The Hall–Kier alpha value is -14.2. The van der Waals surface area contributed by atoms with E-state index in [0.29, 0.717) is 58.5 Å². The molecule has 5 unspecified atom stereocenters. The van der Waals surface area contributed by atoms with Crippen LogP contribution in [0.4, 0.5) is 0 Å². The predicted molar refractivity (Wildman–Crippen MR) is 443 cm³/mol. The number of ketones is 1. The summed E-state index contributed by atoms with van der Waals surface area (Å²) < 4.78 is 10.3. The number of halogens is 1. The summed E-state index contributed by atoms with van der Waals surface area (Å²) in [6.45, 7) is 9.07. The van der Waals surface area contributed by atoms with Crippen molar-refractivity contribution in [2.75, 3.05) is 6.61 Å². The van der Waals surface area contributed by atoms with Crippen molar-refractivity contribution in [1.82, 2.24) is 89.6 Å². The molecule has 0 spiro atoms. The molecule has 0 fully saturated rings. The fraction of sp³-hybridized carbons (Fsp3) is 0.167. The molecule has 5 amide bonds. The summed E-state index contributed by atoms with van der Waals surface area (Å²) >= 11 is 0. The van der Waals surface area contributed by atoms with Crippen LogP contribution in [-0.4, -0.2) is 184 Å². The summed E-state index contributed by atoms with van der Waals surface area (Å²) in [5.74, 6) is -5.29. The van der Waals surface area contributed by atoms with Crippen molar-refractivity contribution in [3.8, 4) is 23.8 Å². The predicted octanol–water partition coefficient (Wildman–Crippen LogP) is 3.60. The number of carbonyl (C=O) groups is 8. The van der Waals surface area contributed by atoms with Crippen molar-refractivity contribution in [2.45, 2.75) is 84.2 Å². The second-order valence-electron chi connectivity index (χ2n) is 26.5. The SMILES string of the molecule is CCOC(=O)c1cc(C)nn1-c1ncc2ccccc2n1.Cc1cc(C(=O)NC(Cc2ccccc2)C(=O)C(N)=O)n(-c2ncc3ccccc3n2)n1.Cc1cc(C(=O)NC(Cc2ccccc2)C(O)C(N)=O)n(-c2ncc3ccccc3n2)n1.Cc1cc(C(=O)O)n(-c2ncc3ccccc3n2)n1.Cl.NC(=O)C(O)C(N)Cc1ccccc1.[Na+].[OH-]. The minimum Gasteiger partial charge on any atom is -0.870 e. The van der Waals surface area contributed by atoms with Gasteiger partial charge in [0.05, 0.1) is 57.5 Å². The largest absolute Gasteiger partial charge is 1.00 e. The first-order valence-corrected chi connectivity index (χ1v) is 36.6. The Morgan fingerprint density at radius 2 is 0.727 bits per heavy atom. The van der Waals surface area contributed by atoms with E-state index in [4.69, 9.17) is 32.8 Å². The third-order valence-corrected chi connectivity index (χ3v) is 17.6. The number of benzene rings is 7. The van der Waals surface area contributed by atoms with Gasteiger partial charge in [-0.1, -0.05) is 164 Å². The molecule has 0 aliphatic rings. The number of carboxylic acid groups (broad SMARTS) is 1. The number of primary amides is 3. The molecule has 35 nitrogen and oxygen atoms in total. The zero-order valence-electron chi connectivity index (χ0n) is 66.1. The average molecular weight is 1670 g/mol. The Bertz CT molecular complexity index is 6140. The van der Waals surface area contributed by atoms with Gasteiger partial charge in [0.1, 0.15) is 23.5 Å². The van der Waals surface area contributed by atoms with Gasteiger partial charge in [-0.05, 0) is 113 Å². The van der Waals surface area contributed by atoms with Crippen LogP contribution in [0.3, 0.4) is 0 Å². The fourth-order valence-corrected chi connectivity index (χ4v) is 11.9. The molecule has 614 valence electrons. The van der Waals surface area contributed by atoms with E-state index in [1.165, 1.54) is 24.8 Å². The number of aromatic nitrogens is 16. The van der Waals surface area contributed by atoms with Gasteiger partial charge in [-0.2, -0.15) is 39.1 Å². The van der Waals surface area contributed by atoms with E-state index < -0.39 is 77.6 Å². The van der Waals surface area contributed by atoms with Crippen LogP contribution in [0.2, 0.25) is 0 Å². The number of esters is 1. The van der Waals surface area contributed by atoms with Crippen LogP contribution in [0.15, 0.2) is 237 Å². The van der Waals surface area contributed by atoms with Crippen LogP contribution in [0.5, 0.6) is 0 Å². The monoisotopic (exact) mass is 1660 g/mol. The average Bonchev–Trinajstić information content (AvgIpc) is 1.71. The van der Waals surface area contributed by atoms with Crippen molar-refractivity contribution in [3.63, 3.8) is 0 Å². The van der Waals surface area contributed by atoms with Crippen LogP contribution >= 0.6 is 12.4 Å². The van der Waals surface area contributed by atoms with Crippen molar-refractivity contribution in [3.05, 3.63) is 299 Å². The number of carboxylic acids is 1. The Kier molecular flexibility index (Phi) is 33.1. The van der Waals surface area contributed by atoms with E-state index in [0.717, 1.165) is 49.3 Å². The molecule has 37 heteroatoms. The topological polar surface area (TPSA) is 539 Å². The van der Waals surface area contributed by atoms with Gasteiger partial charge in [-0.15, -0.1) is 12.4 Å². The number of hydrogen-bond acceptors (Lipinski definition) is 25. The number of fused-ring (bicyclic) bond motifs is 4. The molecule has 7 aromatic carbocycles. The molecule has 8 aromatic heterocycles. The van der Waals surface area contributed by atoms with Gasteiger partial charge in [0, 0.05) is 58.8 Å². The molecule has 0 saturated heterocycles. The van der Waals surface area contributed by atoms with Crippen molar-refractivity contribution < 1.29 is 93.4 Å². The number of rotatable bonds is 23. The first-order chi connectivity index (χ1) is 56.8. The number of aliphatic hydroxyl groups is 2. The summed E-state index contributed by atoms with van der Waals surface area (Å²) in [4.78, 5) is 130. The third-order valence-electron chi connectivity index (χ3n) is 17.6. The molecule has 0 aliphatic heterocycles. The summed E-state index contributed by atoms with van der Waals surface area (Å²) in [6.07, 6.45) is 4.60. The number of aromatic carboxylic acids is 1. The number of hydrogen-bond donors (Lipinski definition) is 9. The number of nitrogens with one attached hydrogen (secondary N) is 2. The molecule has 8 heterocycles. The molecule has 15 aromatic rings. The molecule has 0 saturated carbocycles. The second kappa shape index (κ2) is 43.3. The summed E-state index contributed by atoms with van der Waals surface area (Å²) in [5.41, 5.74) is 29.7.